The van der Waals surface area contributed by atoms with Crippen LogP contribution in [0.1, 0.15) is 42.9 Å². The van der Waals surface area contributed by atoms with E-state index >= 15 is 0 Å². The van der Waals surface area contributed by atoms with Gasteiger partial charge in [-0.05, 0) is 38.1 Å². The second-order valence-electron chi connectivity index (χ2n) is 6.94. The number of aliphatic imine (C=N–C) groups is 1. The summed E-state index contributed by atoms with van der Waals surface area (Å²) in [6.07, 6.45) is -4.82. The molecule has 0 bridgehead atoms. The van der Waals surface area contributed by atoms with Crippen molar-refractivity contribution in [1.82, 2.24) is 20.6 Å². The Bertz CT molecular complexity index is 985. The number of rotatable bonds is 5. The number of halogens is 5. The number of amidine groups is 1. The van der Waals surface area contributed by atoms with E-state index in [1.807, 2.05) is 13.8 Å². The maximum atomic E-state index is 13.1. The summed E-state index contributed by atoms with van der Waals surface area (Å²) in [4.78, 5) is 11.5. The van der Waals surface area contributed by atoms with E-state index in [9.17, 15) is 22.0 Å². The normalized spacial score (nSPS) is 19.4. The maximum absolute atomic E-state index is 13.1. The van der Waals surface area contributed by atoms with Gasteiger partial charge in [-0.2, -0.15) is 13.2 Å². The topological polar surface area (TPSA) is 88.2 Å². The van der Waals surface area contributed by atoms with Crippen LogP contribution >= 0.6 is 0 Å². The zero-order chi connectivity index (χ0) is 22.1. The Balaban J connectivity index is 2.11. The summed E-state index contributed by atoms with van der Waals surface area (Å²) < 4.78 is 65.4. The molecular weight excluding hydrogens is 407 g/mol. The molecule has 1 unspecified atom stereocenters. The van der Waals surface area contributed by atoms with Gasteiger partial charge in [0, 0.05) is 23.9 Å². The summed E-state index contributed by atoms with van der Waals surface area (Å²) in [6, 6.07) is 5.85. The van der Waals surface area contributed by atoms with E-state index < -0.39 is 29.7 Å². The number of aromatic nitrogens is 2. The van der Waals surface area contributed by atoms with Crippen LogP contribution in [-0.4, -0.2) is 21.8 Å². The van der Waals surface area contributed by atoms with Crippen LogP contribution < -0.4 is 16.4 Å². The molecular formula is C19H19F5N6. The monoisotopic (exact) mass is 426 g/mol. The van der Waals surface area contributed by atoms with Crippen molar-refractivity contribution in [3.8, 4) is 0 Å². The fourth-order valence-corrected chi connectivity index (χ4v) is 2.83. The number of nitrogens with one attached hydrogen (secondary N) is 2. The molecule has 0 fully saturated rings. The lowest BCUT2D eigenvalue weighted by Crippen LogP contribution is -2.46. The average molecular weight is 426 g/mol. The first kappa shape index (κ1) is 21.6. The van der Waals surface area contributed by atoms with E-state index in [-0.39, 0.29) is 23.1 Å². The minimum absolute atomic E-state index is 0.0374. The van der Waals surface area contributed by atoms with Crippen LogP contribution in [0.25, 0.3) is 0 Å². The molecule has 0 spiro atoms. The van der Waals surface area contributed by atoms with Gasteiger partial charge in [-0.1, -0.05) is 6.07 Å². The lowest BCUT2D eigenvalue weighted by atomic mass is 9.99. The Labute approximate surface area is 169 Å². The molecule has 0 aliphatic carbocycles. The Kier molecular flexibility index (Phi) is 5.75. The van der Waals surface area contributed by atoms with E-state index in [1.54, 1.807) is 0 Å². The van der Waals surface area contributed by atoms with E-state index in [4.69, 9.17) is 5.73 Å². The Morgan fingerprint density at radius 1 is 1.17 bits per heavy atom. The smallest absolute Gasteiger partial charge is 0.370 e. The predicted octanol–water partition coefficient (Wildman–Crippen LogP) is 3.43. The van der Waals surface area contributed by atoms with Gasteiger partial charge in [0.25, 0.3) is 6.43 Å². The minimum atomic E-state index is -4.64. The third-order valence-electron chi connectivity index (χ3n) is 4.11. The van der Waals surface area contributed by atoms with Gasteiger partial charge < -0.3 is 10.6 Å². The molecule has 0 amide bonds. The van der Waals surface area contributed by atoms with Crippen molar-refractivity contribution in [2.75, 3.05) is 0 Å². The molecule has 30 heavy (non-hydrogen) atoms. The Hall–Kier alpha value is -3.08. The van der Waals surface area contributed by atoms with Crippen LogP contribution in [0.4, 0.5) is 22.0 Å². The van der Waals surface area contributed by atoms with Gasteiger partial charge in [0.15, 0.2) is 11.5 Å². The third kappa shape index (κ3) is 4.73. The van der Waals surface area contributed by atoms with Gasteiger partial charge in [-0.3, -0.25) is 10.7 Å². The van der Waals surface area contributed by atoms with Crippen molar-refractivity contribution in [2.24, 2.45) is 10.7 Å². The zero-order valence-electron chi connectivity index (χ0n) is 16.0. The molecule has 1 aliphatic heterocycles. The van der Waals surface area contributed by atoms with Crippen molar-refractivity contribution < 1.29 is 22.0 Å². The quantitative estimate of drug-likeness (QED) is 0.638. The van der Waals surface area contributed by atoms with E-state index in [2.05, 4.69) is 25.6 Å². The van der Waals surface area contributed by atoms with Gasteiger partial charge >= 0.3 is 6.18 Å². The Morgan fingerprint density at radius 3 is 2.53 bits per heavy atom. The van der Waals surface area contributed by atoms with E-state index in [0.29, 0.717) is 5.82 Å². The lowest BCUT2D eigenvalue weighted by molar-refractivity contribution is -0.141. The lowest BCUT2D eigenvalue weighted by Gasteiger charge is -2.31. The summed E-state index contributed by atoms with van der Waals surface area (Å²) in [7, 11) is 0. The van der Waals surface area contributed by atoms with Gasteiger partial charge in [0.1, 0.15) is 22.9 Å². The SMILES string of the molecule is CC(C)NC1=CC(N)(c2ccnc(C(F)F)c2)N=C(c2cccc(C(F)(F)F)n2)N1. The Morgan fingerprint density at radius 2 is 1.90 bits per heavy atom. The fourth-order valence-electron chi connectivity index (χ4n) is 2.83. The summed E-state index contributed by atoms with van der Waals surface area (Å²) in [5, 5.41) is 5.93. The first-order valence-corrected chi connectivity index (χ1v) is 8.92. The van der Waals surface area contributed by atoms with Crippen molar-refractivity contribution in [1.29, 1.82) is 0 Å². The summed E-state index contributed by atoms with van der Waals surface area (Å²) >= 11 is 0. The van der Waals surface area contributed by atoms with Crippen LogP contribution in [0.5, 0.6) is 0 Å². The van der Waals surface area contributed by atoms with Crippen molar-refractivity contribution >= 4 is 5.84 Å². The second-order valence-corrected chi connectivity index (χ2v) is 6.94. The van der Waals surface area contributed by atoms with E-state index in [0.717, 1.165) is 12.1 Å². The second kappa shape index (κ2) is 7.98. The molecule has 0 saturated carbocycles. The highest BCUT2D eigenvalue weighted by Gasteiger charge is 2.35. The molecule has 0 radical (unpaired) electrons. The van der Waals surface area contributed by atoms with Gasteiger partial charge in [-0.15, -0.1) is 0 Å². The molecule has 1 aliphatic rings. The minimum Gasteiger partial charge on any atom is -0.370 e. The fraction of sp³-hybridized carbons (Fsp3) is 0.316. The number of pyridine rings is 2. The predicted molar refractivity (Wildman–Crippen MR) is 100 cm³/mol. The number of nitrogens with zero attached hydrogens (tertiary/aromatic N) is 3. The first-order valence-electron chi connectivity index (χ1n) is 8.92. The highest BCUT2D eigenvalue weighted by atomic mass is 19.4. The van der Waals surface area contributed by atoms with Crippen molar-refractivity contribution in [2.45, 2.75) is 38.2 Å². The molecule has 160 valence electrons. The first-order chi connectivity index (χ1) is 14.0. The van der Waals surface area contributed by atoms with E-state index in [1.165, 1.54) is 30.5 Å². The highest BCUT2D eigenvalue weighted by Crippen LogP contribution is 2.30. The molecule has 0 aromatic carbocycles. The summed E-state index contributed by atoms with van der Waals surface area (Å²) in [5.74, 6) is 0.316. The van der Waals surface area contributed by atoms with Crippen LogP contribution in [0, 0.1) is 0 Å². The van der Waals surface area contributed by atoms with Crippen LogP contribution in [-0.2, 0) is 11.8 Å². The molecule has 11 heteroatoms. The molecule has 2 aromatic rings. The molecule has 1 atom stereocenters. The van der Waals surface area contributed by atoms with Crippen molar-refractivity contribution in [3.63, 3.8) is 0 Å². The standard InChI is InChI=1S/C19H19F5N6/c1-10(2)27-15-9-18(25,11-6-7-26-13(8-11)16(20)21)30-17(29-15)12-4-3-5-14(28-12)19(22,23)24/h3-10,16,27H,25H2,1-2H3,(H,29,30). The molecule has 3 heterocycles. The zero-order valence-corrected chi connectivity index (χ0v) is 16.0. The number of nitrogens with two attached hydrogens (primary N) is 1. The molecule has 6 nitrogen and oxygen atoms in total. The number of alkyl halides is 5. The molecule has 0 saturated heterocycles. The average Bonchev–Trinajstić information content (AvgIpc) is 2.66. The number of hydrogen-bond donors (Lipinski definition) is 3. The largest absolute Gasteiger partial charge is 0.433 e. The van der Waals surface area contributed by atoms with Gasteiger partial charge in [-0.25, -0.2) is 18.8 Å². The van der Waals surface area contributed by atoms with Gasteiger partial charge in [0.05, 0.1) is 0 Å². The van der Waals surface area contributed by atoms with Crippen molar-refractivity contribution in [3.05, 3.63) is 71.1 Å². The summed E-state index contributed by atoms with van der Waals surface area (Å²) in [5.41, 5.74) is 3.28. The molecule has 3 rings (SSSR count). The summed E-state index contributed by atoms with van der Waals surface area (Å²) in [6.45, 7) is 3.69. The maximum Gasteiger partial charge on any atom is 0.433 e. The number of hydrogen-bond acceptors (Lipinski definition) is 6. The van der Waals surface area contributed by atoms with Crippen LogP contribution in [0.2, 0.25) is 0 Å². The molecule has 4 N–H and O–H groups in total. The highest BCUT2D eigenvalue weighted by molar-refractivity contribution is 5.99. The molecule has 2 aromatic heterocycles. The van der Waals surface area contributed by atoms with Gasteiger partial charge in [0.2, 0.25) is 0 Å². The van der Waals surface area contributed by atoms with Crippen LogP contribution in [0.15, 0.2) is 53.4 Å². The third-order valence-corrected chi connectivity index (χ3v) is 4.11. The van der Waals surface area contributed by atoms with Crippen LogP contribution in [0.3, 0.4) is 0 Å².